The van der Waals surface area contributed by atoms with Crippen LogP contribution < -0.4 is 4.74 Å². The summed E-state index contributed by atoms with van der Waals surface area (Å²) in [7, 11) is 0. The number of azo groups is 4. The van der Waals surface area contributed by atoms with Crippen LogP contribution in [0.25, 0.3) is 0 Å². The van der Waals surface area contributed by atoms with Gasteiger partial charge in [0.05, 0.1) is 52.1 Å². The van der Waals surface area contributed by atoms with Gasteiger partial charge < -0.3 is 24.8 Å². The Kier molecular flexibility index (Phi) is 17.3. The molecule has 8 aromatic rings. The van der Waals surface area contributed by atoms with E-state index in [1.807, 2.05) is 109 Å². The summed E-state index contributed by atoms with van der Waals surface area (Å²) in [5.74, 6) is -0.429. The Morgan fingerprint density at radius 1 is 0.359 bits per heavy atom. The minimum atomic E-state index is -0.580. The number of carbonyl (C=O) groups is 1. The number of aryl methyl sites for hydroxylation is 4. The molecule has 1 aliphatic rings. The average molecular weight is 1040 g/mol. The van der Waals surface area contributed by atoms with Gasteiger partial charge >= 0.3 is 5.97 Å². The van der Waals surface area contributed by atoms with E-state index in [2.05, 4.69) is 53.3 Å². The van der Waals surface area contributed by atoms with Crippen molar-refractivity contribution in [2.45, 2.75) is 86.0 Å². The van der Waals surface area contributed by atoms with Crippen molar-refractivity contribution in [2.75, 3.05) is 13.2 Å². The molecule has 0 saturated heterocycles. The Labute approximate surface area is 454 Å². The first-order valence-corrected chi connectivity index (χ1v) is 26.5. The Bertz CT molecular complexity index is 3390. The van der Waals surface area contributed by atoms with Crippen LogP contribution in [-0.2, 0) is 60.9 Å². The second kappa shape index (κ2) is 25.1. The third kappa shape index (κ3) is 13.4. The topological polar surface area (TPSA) is 195 Å². The molecule has 0 aliphatic heterocycles. The first-order chi connectivity index (χ1) is 38.0. The molecular formula is C64H62N8O6. The molecule has 9 rings (SSSR count). The summed E-state index contributed by atoms with van der Waals surface area (Å²) < 4.78 is 11.8. The maximum Gasteiger partial charge on any atom is 0.344 e. The number of nitrogens with zero attached hydrogens (tertiary/aromatic N) is 8. The Morgan fingerprint density at radius 3 is 0.833 bits per heavy atom. The average Bonchev–Trinajstić information content (AvgIpc) is 3.53. The zero-order valence-corrected chi connectivity index (χ0v) is 44.6. The van der Waals surface area contributed by atoms with Crippen molar-refractivity contribution in [2.24, 2.45) is 40.9 Å². The number of rotatable bonds is 16. The molecule has 0 saturated carbocycles. The molecular weight excluding hydrogens is 977 g/mol. The van der Waals surface area contributed by atoms with E-state index < -0.39 is 12.6 Å². The number of hydrogen-bond acceptors (Lipinski definition) is 14. The van der Waals surface area contributed by atoms with Gasteiger partial charge in [0, 0.05) is 70.2 Å². The number of phenols is 3. The van der Waals surface area contributed by atoms with Crippen molar-refractivity contribution in [3.8, 4) is 23.0 Å². The first-order valence-electron chi connectivity index (χ1n) is 26.5. The van der Waals surface area contributed by atoms with Crippen LogP contribution in [0.1, 0.15) is 101 Å². The molecule has 0 spiro atoms. The van der Waals surface area contributed by atoms with Crippen LogP contribution in [-0.4, -0.2) is 34.5 Å². The van der Waals surface area contributed by atoms with Crippen LogP contribution >= 0.6 is 0 Å². The number of phenolic OH excluding ortho intramolecular Hbond substituents is 3. The molecule has 0 aromatic heterocycles. The highest BCUT2D eigenvalue weighted by atomic mass is 16.6. The second-order valence-electron chi connectivity index (χ2n) is 19.1. The number of fused-ring (bicyclic) bond motifs is 8. The van der Waals surface area contributed by atoms with Gasteiger partial charge in [0.25, 0.3) is 0 Å². The van der Waals surface area contributed by atoms with Gasteiger partial charge in [0.2, 0.25) is 0 Å². The molecule has 394 valence electrons. The van der Waals surface area contributed by atoms with Gasteiger partial charge in [-0.3, -0.25) is 0 Å². The molecule has 8 bridgehead atoms. The summed E-state index contributed by atoms with van der Waals surface area (Å²) in [6, 6.07) is 45.4. The Morgan fingerprint density at radius 2 is 0.590 bits per heavy atom. The van der Waals surface area contributed by atoms with Crippen molar-refractivity contribution in [3.05, 3.63) is 212 Å². The maximum absolute atomic E-state index is 13.1. The van der Waals surface area contributed by atoms with E-state index in [-0.39, 0.29) is 49.5 Å². The van der Waals surface area contributed by atoms with Gasteiger partial charge in [-0.2, -0.15) is 40.9 Å². The van der Waals surface area contributed by atoms with Crippen molar-refractivity contribution in [3.63, 3.8) is 0 Å². The lowest BCUT2D eigenvalue weighted by molar-refractivity contribution is -0.145. The standard InChI is InChI=1S/C64H62N8O6/c1-6-40-11-19-52(20-12-40)65-69-56-31-44-27-46-33-57(70-66-53-21-13-41(7-2)14-22-53)35-48(62(46)75)29-50-37-59(72-68-55-25-17-43(9-4)18-26-55)38-51(64(50)78-39-60(73)77-10-5)30-49-36-58(71-67-54-23-15-42(8-3)16-24-54)34-47(63(49)76)28-45(32-56)61(44)74/h11-26,31-38,74-76H,6-10,27-30,39H2,1-5H3. The van der Waals surface area contributed by atoms with Crippen LogP contribution in [0, 0.1) is 0 Å². The Hall–Kier alpha value is -9.17. The van der Waals surface area contributed by atoms with E-state index in [4.69, 9.17) is 24.8 Å². The van der Waals surface area contributed by atoms with Crippen LogP contribution in [0.5, 0.6) is 23.0 Å². The molecule has 0 heterocycles. The number of aromatic hydroxyl groups is 3. The predicted octanol–water partition coefficient (Wildman–Crippen LogP) is 17.3. The van der Waals surface area contributed by atoms with Crippen molar-refractivity contribution >= 4 is 51.5 Å². The lowest BCUT2D eigenvalue weighted by atomic mass is 9.90. The van der Waals surface area contributed by atoms with Gasteiger partial charge in [-0.25, -0.2) is 4.79 Å². The van der Waals surface area contributed by atoms with Crippen LogP contribution in [0.4, 0.5) is 45.5 Å². The SMILES string of the molecule is CCOC(=O)COc1c2cc(N=Nc3ccc(CC)cc3)cc1Cc1cc(N=Nc3ccc(CC)cc3)cc(c1O)Cc1cc(N=Nc3ccc(CC)cc3)cc(c1O)Cc1cc(N=Nc3ccc(CC)cc3)cc(c1O)C2. The number of esters is 1. The zero-order valence-electron chi connectivity index (χ0n) is 44.6. The third-order valence-electron chi connectivity index (χ3n) is 13.7. The van der Waals surface area contributed by atoms with Crippen LogP contribution in [0.15, 0.2) is 187 Å². The fourth-order valence-corrected chi connectivity index (χ4v) is 9.26. The largest absolute Gasteiger partial charge is 0.507 e. The van der Waals surface area contributed by atoms with E-state index in [9.17, 15) is 20.1 Å². The molecule has 0 radical (unpaired) electrons. The lowest BCUT2D eigenvalue weighted by Gasteiger charge is -2.20. The van der Waals surface area contributed by atoms with E-state index >= 15 is 0 Å². The fourth-order valence-electron chi connectivity index (χ4n) is 9.26. The van der Waals surface area contributed by atoms with Crippen molar-refractivity contribution in [1.82, 2.24) is 0 Å². The van der Waals surface area contributed by atoms with E-state index in [1.165, 1.54) is 5.56 Å². The number of benzene rings is 8. The number of hydrogen-bond donors (Lipinski definition) is 3. The van der Waals surface area contributed by atoms with Gasteiger partial charge in [0.1, 0.15) is 23.0 Å². The third-order valence-corrected chi connectivity index (χ3v) is 13.7. The minimum Gasteiger partial charge on any atom is -0.507 e. The highest BCUT2D eigenvalue weighted by Gasteiger charge is 2.24. The smallest absolute Gasteiger partial charge is 0.344 e. The Balaban J connectivity index is 1.26. The summed E-state index contributed by atoms with van der Waals surface area (Å²) in [4.78, 5) is 13.1. The fraction of sp³-hybridized carbons (Fsp3) is 0.234. The second-order valence-corrected chi connectivity index (χ2v) is 19.1. The molecule has 0 amide bonds. The van der Waals surface area contributed by atoms with Gasteiger partial charge in [0.15, 0.2) is 6.61 Å². The molecule has 14 nitrogen and oxygen atoms in total. The van der Waals surface area contributed by atoms with Crippen molar-refractivity contribution in [1.29, 1.82) is 0 Å². The summed E-state index contributed by atoms with van der Waals surface area (Å²) in [5, 5.41) is 74.6. The molecule has 8 aromatic carbocycles. The summed E-state index contributed by atoms with van der Waals surface area (Å²) >= 11 is 0. The quantitative estimate of drug-likeness (QED) is 0.0636. The molecule has 0 atom stereocenters. The molecule has 0 unspecified atom stereocenters. The van der Waals surface area contributed by atoms with Gasteiger partial charge in [-0.05, 0) is 152 Å². The molecule has 78 heavy (non-hydrogen) atoms. The normalized spacial score (nSPS) is 12.5. The highest BCUT2D eigenvalue weighted by molar-refractivity contribution is 5.72. The molecule has 0 fully saturated rings. The highest BCUT2D eigenvalue weighted by Crippen LogP contribution is 2.43. The van der Waals surface area contributed by atoms with E-state index in [0.29, 0.717) is 95.8 Å². The predicted molar refractivity (Wildman–Crippen MR) is 304 cm³/mol. The zero-order chi connectivity index (χ0) is 54.5. The van der Waals surface area contributed by atoms with Gasteiger partial charge in [-0.15, -0.1) is 0 Å². The lowest BCUT2D eigenvalue weighted by Crippen LogP contribution is -2.16. The van der Waals surface area contributed by atoms with Crippen LogP contribution in [0.3, 0.4) is 0 Å². The van der Waals surface area contributed by atoms with E-state index in [1.54, 1.807) is 43.3 Å². The number of ether oxygens (including phenoxy) is 2. The minimum absolute atomic E-state index is 0.0195. The first kappa shape index (κ1) is 53.6. The summed E-state index contributed by atoms with van der Waals surface area (Å²) in [6.45, 7) is 9.80. The van der Waals surface area contributed by atoms with Gasteiger partial charge in [-0.1, -0.05) is 76.2 Å². The summed E-state index contributed by atoms with van der Waals surface area (Å²) in [5.41, 5.74) is 12.7. The number of carbonyl (C=O) groups excluding carboxylic acids is 1. The van der Waals surface area contributed by atoms with Crippen molar-refractivity contribution < 1.29 is 29.6 Å². The molecule has 1 aliphatic carbocycles. The molecule has 3 N–H and O–H groups in total. The van der Waals surface area contributed by atoms with E-state index in [0.717, 1.165) is 42.4 Å². The van der Waals surface area contributed by atoms with Crippen LogP contribution in [0.2, 0.25) is 0 Å². The maximum atomic E-state index is 13.1. The molecule has 14 heteroatoms. The summed E-state index contributed by atoms with van der Waals surface area (Å²) in [6.07, 6.45) is 3.63. The monoisotopic (exact) mass is 1040 g/mol.